The number of hydrogen-bond acceptors (Lipinski definition) is 3. The molecule has 0 aromatic carbocycles. The normalized spacial score (nSPS) is 9.40. The highest BCUT2D eigenvalue weighted by molar-refractivity contribution is 7.99. The van der Waals surface area contributed by atoms with Crippen LogP contribution in [0.3, 0.4) is 0 Å². The van der Waals surface area contributed by atoms with E-state index >= 15 is 0 Å². The van der Waals surface area contributed by atoms with Gasteiger partial charge in [0.15, 0.2) is 0 Å². The molecule has 0 atom stereocenters. The second kappa shape index (κ2) is 9.86. The third-order valence-electron chi connectivity index (χ3n) is 1.34. The average molecular weight is 251 g/mol. The molecule has 0 saturated carbocycles. The van der Waals surface area contributed by atoms with E-state index in [0.717, 1.165) is 11.5 Å². The summed E-state index contributed by atoms with van der Waals surface area (Å²) in [6, 6.07) is -0.468. The Balaban J connectivity index is 3.40. The maximum absolute atomic E-state index is 11.0. The summed E-state index contributed by atoms with van der Waals surface area (Å²) in [6.45, 7) is 4.10. The Morgan fingerprint density at radius 1 is 1.47 bits per heavy atom. The number of hydrogen-bond donors (Lipinski definition) is 2. The first-order chi connectivity index (χ1) is 7.20. The van der Waals surface area contributed by atoms with Crippen molar-refractivity contribution in [2.24, 2.45) is 0 Å². The van der Waals surface area contributed by atoms with Gasteiger partial charge in [0.1, 0.15) is 0 Å². The third-order valence-corrected chi connectivity index (χ3v) is 2.50. The Kier molecular flexibility index (Phi) is 9.41. The summed E-state index contributed by atoms with van der Waals surface area (Å²) in [5.41, 5.74) is 0. The van der Waals surface area contributed by atoms with Crippen molar-refractivity contribution in [3.8, 4) is 0 Å². The van der Waals surface area contributed by atoms with Gasteiger partial charge in [-0.3, -0.25) is 10.1 Å². The van der Waals surface area contributed by atoms with Gasteiger partial charge in [-0.15, -0.1) is 18.2 Å². The number of halogens is 1. The molecule has 0 aromatic rings. The molecule has 0 fully saturated rings. The van der Waals surface area contributed by atoms with Crippen molar-refractivity contribution in [1.29, 1.82) is 0 Å². The molecule has 0 aliphatic heterocycles. The molecule has 0 unspecified atom stereocenters. The molecule has 0 saturated heterocycles. The second-order valence-electron chi connectivity index (χ2n) is 2.61. The smallest absolute Gasteiger partial charge is 0.321 e. The number of rotatable bonds is 7. The number of nitrogens with one attached hydrogen (secondary N) is 2. The molecule has 0 aliphatic rings. The fourth-order valence-electron chi connectivity index (χ4n) is 0.723. The Morgan fingerprint density at radius 2 is 2.20 bits per heavy atom. The monoisotopic (exact) mass is 250 g/mol. The van der Waals surface area contributed by atoms with Gasteiger partial charge < -0.3 is 5.32 Å². The lowest BCUT2D eigenvalue weighted by atomic mass is 10.4. The van der Waals surface area contributed by atoms with Crippen LogP contribution >= 0.6 is 23.4 Å². The molecule has 4 nitrogen and oxygen atoms in total. The number of carbonyl (C=O) groups is 2. The number of thioether (sulfide) groups is 1. The highest BCUT2D eigenvalue weighted by Gasteiger charge is 2.05. The second-order valence-corrected chi connectivity index (χ2v) is 4.13. The molecule has 2 N–H and O–H groups in total. The lowest BCUT2D eigenvalue weighted by Gasteiger charge is -2.05. The fourth-order valence-corrected chi connectivity index (χ4v) is 1.47. The Bertz CT molecular complexity index is 224. The van der Waals surface area contributed by atoms with Crippen LogP contribution in [0.1, 0.15) is 6.42 Å². The topological polar surface area (TPSA) is 58.2 Å². The summed E-state index contributed by atoms with van der Waals surface area (Å²) >= 11 is 6.99. The highest BCUT2D eigenvalue weighted by atomic mass is 35.5. The van der Waals surface area contributed by atoms with Crippen LogP contribution in [0.15, 0.2) is 12.7 Å². The van der Waals surface area contributed by atoms with Crippen molar-refractivity contribution in [2.75, 3.05) is 23.9 Å². The van der Waals surface area contributed by atoms with Crippen molar-refractivity contribution in [3.05, 3.63) is 12.7 Å². The molecule has 15 heavy (non-hydrogen) atoms. The highest BCUT2D eigenvalue weighted by Crippen LogP contribution is 1.96. The van der Waals surface area contributed by atoms with Gasteiger partial charge in [0.05, 0.1) is 0 Å². The maximum Gasteiger partial charge on any atom is 0.321 e. The van der Waals surface area contributed by atoms with Gasteiger partial charge in [0, 0.05) is 30.4 Å². The van der Waals surface area contributed by atoms with Crippen molar-refractivity contribution in [1.82, 2.24) is 10.6 Å². The molecule has 0 heterocycles. The summed E-state index contributed by atoms with van der Waals surface area (Å²) in [4.78, 5) is 22.0. The number of carbonyl (C=O) groups excluding carboxylic acids is 2. The van der Waals surface area contributed by atoms with Gasteiger partial charge in [-0.1, -0.05) is 6.08 Å². The molecular weight excluding hydrogens is 236 g/mol. The lowest BCUT2D eigenvalue weighted by molar-refractivity contribution is -0.119. The fraction of sp³-hybridized carbons (Fsp3) is 0.556. The molecule has 0 aliphatic carbocycles. The van der Waals surface area contributed by atoms with E-state index in [1.807, 2.05) is 0 Å². The molecule has 3 amide bonds. The minimum Gasteiger partial charge on any atom is -0.337 e. The number of alkyl halides is 1. The number of imide groups is 1. The predicted molar refractivity (Wildman–Crippen MR) is 64.4 cm³/mol. The lowest BCUT2D eigenvalue weighted by Crippen LogP contribution is -2.40. The van der Waals surface area contributed by atoms with Crippen molar-refractivity contribution in [3.63, 3.8) is 0 Å². The van der Waals surface area contributed by atoms with E-state index in [1.54, 1.807) is 17.8 Å². The molecule has 0 aromatic heterocycles. The molecular formula is C9H15ClN2O2S. The molecule has 0 radical (unpaired) electrons. The standard InChI is InChI=1S/C9H15ClN2O2S/c1-2-6-15-7-5-11-9(14)12-8(13)3-4-10/h2H,1,3-7H2,(H2,11,12,13,14). The largest absolute Gasteiger partial charge is 0.337 e. The van der Waals surface area contributed by atoms with Crippen molar-refractivity contribution in [2.45, 2.75) is 6.42 Å². The maximum atomic E-state index is 11.0. The first-order valence-corrected chi connectivity index (χ1v) is 6.22. The van der Waals surface area contributed by atoms with Crippen LogP contribution in [0.4, 0.5) is 4.79 Å². The van der Waals surface area contributed by atoms with Crippen LogP contribution in [0.5, 0.6) is 0 Å². The van der Waals surface area contributed by atoms with E-state index in [-0.39, 0.29) is 18.2 Å². The van der Waals surface area contributed by atoms with Crippen LogP contribution in [0.25, 0.3) is 0 Å². The SMILES string of the molecule is C=CCSCCNC(=O)NC(=O)CCCl. The van der Waals surface area contributed by atoms with E-state index in [2.05, 4.69) is 17.2 Å². The van der Waals surface area contributed by atoms with Crippen molar-refractivity contribution >= 4 is 35.3 Å². The van der Waals surface area contributed by atoms with Gasteiger partial charge in [-0.25, -0.2) is 4.79 Å². The van der Waals surface area contributed by atoms with E-state index < -0.39 is 6.03 Å². The Hall–Kier alpha value is -0.680. The minimum absolute atomic E-state index is 0.153. The van der Waals surface area contributed by atoms with E-state index in [1.165, 1.54) is 0 Å². The summed E-state index contributed by atoms with van der Waals surface area (Å²) in [5.74, 6) is 1.51. The number of amides is 3. The molecule has 0 spiro atoms. The summed E-state index contributed by atoms with van der Waals surface area (Å²) in [7, 11) is 0. The zero-order chi connectivity index (χ0) is 11.5. The first-order valence-electron chi connectivity index (χ1n) is 4.53. The zero-order valence-electron chi connectivity index (χ0n) is 8.42. The molecule has 86 valence electrons. The average Bonchev–Trinajstić information content (AvgIpc) is 2.17. The van der Waals surface area contributed by atoms with Gasteiger partial charge in [0.25, 0.3) is 0 Å². The Labute approximate surface area is 98.8 Å². The number of urea groups is 1. The van der Waals surface area contributed by atoms with E-state index in [4.69, 9.17) is 11.6 Å². The van der Waals surface area contributed by atoms with Crippen LogP contribution in [-0.4, -0.2) is 35.9 Å². The van der Waals surface area contributed by atoms with Crippen LogP contribution in [0.2, 0.25) is 0 Å². The van der Waals surface area contributed by atoms with Gasteiger partial charge in [-0.2, -0.15) is 11.8 Å². The predicted octanol–water partition coefficient (Wildman–Crippen LogP) is 1.36. The molecule has 0 bridgehead atoms. The molecule has 0 rings (SSSR count). The first kappa shape index (κ1) is 14.3. The Morgan fingerprint density at radius 3 is 2.80 bits per heavy atom. The van der Waals surface area contributed by atoms with E-state index in [0.29, 0.717) is 6.54 Å². The summed E-state index contributed by atoms with van der Waals surface area (Å²) in [5, 5.41) is 4.73. The third kappa shape index (κ3) is 9.62. The summed E-state index contributed by atoms with van der Waals surface area (Å²) in [6.07, 6.45) is 1.95. The van der Waals surface area contributed by atoms with Gasteiger partial charge in [-0.05, 0) is 0 Å². The summed E-state index contributed by atoms with van der Waals surface area (Å²) < 4.78 is 0. The minimum atomic E-state index is -0.468. The van der Waals surface area contributed by atoms with Gasteiger partial charge >= 0.3 is 6.03 Å². The van der Waals surface area contributed by atoms with Gasteiger partial charge in [0.2, 0.25) is 5.91 Å². The van der Waals surface area contributed by atoms with Crippen LogP contribution in [-0.2, 0) is 4.79 Å². The molecule has 6 heteroatoms. The van der Waals surface area contributed by atoms with E-state index in [9.17, 15) is 9.59 Å². The van der Waals surface area contributed by atoms with Crippen LogP contribution in [0, 0.1) is 0 Å². The van der Waals surface area contributed by atoms with Crippen molar-refractivity contribution < 1.29 is 9.59 Å². The zero-order valence-corrected chi connectivity index (χ0v) is 10.00. The quantitative estimate of drug-likeness (QED) is 0.408. The van der Waals surface area contributed by atoms with Crippen LogP contribution < -0.4 is 10.6 Å².